The number of rotatable bonds is 4. The number of hydrogen-bond donors (Lipinski definition) is 2. The monoisotopic (exact) mass is 336 g/mol. The van der Waals surface area contributed by atoms with Crippen LogP contribution in [0.4, 0.5) is 0 Å². The summed E-state index contributed by atoms with van der Waals surface area (Å²) < 4.78 is 5.47. The molecule has 3 rings (SSSR count). The molecule has 25 heavy (non-hydrogen) atoms. The number of benzene rings is 2. The second kappa shape index (κ2) is 8.49. The molecule has 1 unspecified atom stereocenters. The van der Waals surface area contributed by atoms with E-state index in [4.69, 9.17) is 4.74 Å². The Labute approximate surface area is 148 Å². The Kier molecular flexibility index (Phi) is 5.86. The molecule has 0 bridgehead atoms. The van der Waals surface area contributed by atoms with Crippen molar-refractivity contribution < 1.29 is 9.53 Å². The van der Waals surface area contributed by atoms with Crippen molar-refractivity contribution in [3.8, 4) is 0 Å². The molecule has 4 nitrogen and oxygen atoms in total. The summed E-state index contributed by atoms with van der Waals surface area (Å²) >= 11 is 0. The van der Waals surface area contributed by atoms with Crippen LogP contribution in [0.1, 0.15) is 30.5 Å². The zero-order valence-corrected chi connectivity index (χ0v) is 14.5. The SMILES string of the molecule is C/C(C(=O)OCc1ccccc1)=C1/CC(c2ccccc2)NCCN1. The van der Waals surface area contributed by atoms with Gasteiger partial charge in [-0.3, -0.25) is 0 Å². The third-order valence-corrected chi connectivity index (χ3v) is 4.44. The number of ether oxygens (including phenoxy) is 1. The minimum atomic E-state index is -0.264. The first-order valence-electron chi connectivity index (χ1n) is 8.67. The standard InChI is InChI=1S/C21H24N2O2/c1-16(21(24)25-15-17-8-4-2-5-9-17)19-14-20(23-13-12-22-19)18-10-6-3-7-11-18/h2-11,20,22-23H,12-15H2,1H3/b19-16+. The third-order valence-electron chi connectivity index (χ3n) is 4.44. The van der Waals surface area contributed by atoms with Gasteiger partial charge in [-0.1, -0.05) is 60.7 Å². The Morgan fingerprint density at radius 3 is 2.44 bits per heavy atom. The molecule has 2 aromatic carbocycles. The average Bonchev–Trinajstić information content (AvgIpc) is 2.93. The van der Waals surface area contributed by atoms with Gasteiger partial charge < -0.3 is 15.4 Å². The maximum Gasteiger partial charge on any atom is 0.335 e. The van der Waals surface area contributed by atoms with E-state index >= 15 is 0 Å². The highest BCUT2D eigenvalue weighted by Crippen LogP contribution is 2.23. The van der Waals surface area contributed by atoms with Crippen LogP contribution in [-0.4, -0.2) is 19.1 Å². The number of nitrogens with one attached hydrogen (secondary N) is 2. The molecule has 2 N–H and O–H groups in total. The van der Waals surface area contributed by atoms with Crippen molar-refractivity contribution >= 4 is 5.97 Å². The molecule has 1 fully saturated rings. The first-order chi connectivity index (χ1) is 12.2. The van der Waals surface area contributed by atoms with E-state index in [-0.39, 0.29) is 12.0 Å². The zero-order valence-electron chi connectivity index (χ0n) is 14.5. The molecule has 0 radical (unpaired) electrons. The van der Waals surface area contributed by atoms with E-state index in [0.717, 1.165) is 30.8 Å². The molecule has 1 atom stereocenters. The lowest BCUT2D eigenvalue weighted by Gasteiger charge is -2.18. The van der Waals surface area contributed by atoms with Gasteiger partial charge >= 0.3 is 5.97 Å². The molecule has 0 aliphatic carbocycles. The normalized spacial score (nSPS) is 19.5. The highest BCUT2D eigenvalue weighted by atomic mass is 16.5. The van der Waals surface area contributed by atoms with Gasteiger partial charge in [0.2, 0.25) is 0 Å². The topological polar surface area (TPSA) is 50.4 Å². The fraction of sp³-hybridized carbons (Fsp3) is 0.286. The van der Waals surface area contributed by atoms with Crippen molar-refractivity contribution in [3.05, 3.63) is 83.1 Å². The van der Waals surface area contributed by atoms with Gasteiger partial charge in [0, 0.05) is 31.2 Å². The summed E-state index contributed by atoms with van der Waals surface area (Å²) in [4.78, 5) is 12.4. The van der Waals surface area contributed by atoms with Crippen molar-refractivity contribution in [1.29, 1.82) is 0 Å². The van der Waals surface area contributed by atoms with Gasteiger partial charge in [0.25, 0.3) is 0 Å². The summed E-state index contributed by atoms with van der Waals surface area (Å²) in [6, 6.07) is 20.3. The minimum absolute atomic E-state index is 0.197. The molecule has 0 aromatic heterocycles. The molecule has 4 heteroatoms. The second-order valence-electron chi connectivity index (χ2n) is 6.21. The lowest BCUT2D eigenvalue weighted by Crippen LogP contribution is -2.23. The summed E-state index contributed by atoms with van der Waals surface area (Å²) in [6.07, 6.45) is 0.746. The molecular formula is C21H24N2O2. The number of esters is 1. The van der Waals surface area contributed by atoms with Crippen molar-refractivity contribution in [2.75, 3.05) is 13.1 Å². The van der Waals surface area contributed by atoms with Crippen molar-refractivity contribution in [3.63, 3.8) is 0 Å². The van der Waals surface area contributed by atoms with Crippen molar-refractivity contribution in [1.82, 2.24) is 10.6 Å². The van der Waals surface area contributed by atoms with Crippen LogP contribution in [0.25, 0.3) is 0 Å². The molecule has 1 saturated heterocycles. The fourth-order valence-corrected chi connectivity index (χ4v) is 2.97. The maximum absolute atomic E-state index is 12.4. The van der Waals surface area contributed by atoms with Gasteiger partial charge in [-0.25, -0.2) is 4.79 Å². The molecule has 1 aliphatic rings. The molecule has 2 aromatic rings. The van der Waals surface area contributed by atoms with Gasteiger partial charge in [-0.05, 0) is 18.1 Å². The highest BCUT2D eigenvalue weighted by molar-refractivity contribution is 5.88. The Bertz CT molecular complexity index is 726. The summed E-state index contributed by atoms with van der Waals surface area (Å²) in [6.45, 7) is 3.78. The van der Waals surface area contributed by atoms with Crippen LogP contribution >= 0.6 is 0 Å². The van der Waals surface area contributed by atoms with Gasteiger partial charge in [0.15, 0.2) is 0 Å². The van der Waals surface area contributed by atoms with Gasteiger partial charge in [0.1, 0.15) is 6.61 Å². The van der Waals surface area contributed by atoms with Gasteiger partial charge in [0.05, 0.1) is 5.57 Å². The lowest BCUT2D eigenvalue weighted by molar-refractivity contribution is -0.140. The Morgan fingerprint density at radius 2 is 1.72 bits per heavy atom. The van der Waals surface area contributed by atoms with Crippen LogP contribution in [0.2, 0.25) is 0 Å². The first kappa shape index (κ1) is 17.2. The van der Waals surface area contributed by atoms with Crippen LogP contribution in [0.3, 0.4) is 0 Å². The smallest absolute Gasteiger partial charge is 0.335 e. The molecule has 0 saturated carbocycles. The van der Waals surface area contributed by atoms with Crippen LogP contribution < -0.4 is 10.6 Å². The van der Waals surface area contributed by atoms with E-state index < -0.39 is 0 Å². The van der Waals surface area contributed by atoms with Crippen molar-refractivity contribution in [2.24, 2.45) is 0 Å². The number of carbonyl (C=O) groups is 1. The predicted octanol–water partition coefficient (Wildman–Crippen LogP) is 3.33. The minimum Gasteiger partial charge on any atom is -0.457 e. The number of hydrogen-bond acceptors (Lipinski definition) is 4. The summed E-state index contributed by atoms with van der Waals surface area (Å²) in [5, 5.41) is 6.91. The largest absolute Gasteiger partial charge is 0.457 e. The fourth-order valence-electron chi connectivity index (χ4n) is 2.97. The van der Waals surface area contributed by atoms with Crippen LogP contribution in [-0.2, 0) is 16.1 Å². The van der Waals surface area contributed by atoms with E-state index in [0.29, 0.717) is 12.2 Å². The van der Waals surface area contributed by atoms with E-state index in [1.807, 2.05) is 55.5 Å². The molecule has 130 valence electrons. The third kappa shape index (κ3) is 4.70. The van der Waals surface area contributed by atoms with Gasteiger partial charge in [-0.2, -0.15) is 0 Å². The molecular weight excluding hydrogens is 312 g/mol. The van der Waals surface area contributed by atoms with Gasteiger partial charge in [-0.15, -0.1) is 0 Å². The Hall–Kier alpha value is -2.59. The maximum atomic E-state index is 12.4. The molecule has 1 aliphatic heterocycles. The van der Waals surface area contributed by atoms with E-state index in [2.05, 4.69) is 22.8 Å². The predicted molar refractivity (Wildman–Crippen MR) is 98.7 cm³/mol. The average molecular weight is 336 g/mol. The molecule has 1 heterocycles. The van der Waals surface area contributed by atoms with Crippen LogP contribution in [0.5, 0.6) is 0 Å². The Morgan fingerprint density at radius 1 is 1.04 bits per heavy atom. The molecule has 0 amide bonds. The zero-order chi connectivity index (χ0) is 17.5. The molecule has 0 spiro atoms. The van der Waals surface area contributed by atoms with E-state index in [1.54, 1.807) is 0 Å². The Balaban J connectivity index is 1.69. The lowest BCUT2D eigenvalue weighted by atomic mass is 10.0. The number of carbonyl (C=O) groups excluding carboxylic acids is 1. The summed E-state index contributed by atoms with van der Waals surface area (Å²) in [5.74, 6) is -0.264. The van der Waals surface area contributed by atoms with E-state index in [9.17, 15) is 4.79 Å². The quantitative estimate of drug-likeness (QED) is 0.664. The van der Waals surface area contributed by atoms with E-state index in [1.165, 1.54) is 5.56 Å². The summed E-state index contributed by atoms with van der Waals surface area (Å²) in [5.41, 5.74) is 3.83. The highest BCUT2D eigenvalue weighted by Gasteiger charge is 2.20. The first-order valence-corrected chi connectivity index (χ1v) is 8.67. The van der Waals surface area contributed by atoms with Crippen LogP contribution in [0, 0.1) is 0 Å². The second-order valence-corrected chi connectivity index (χ2v) is 6.21. The van der Waals surface area contributed by atoms with Crippen LogP contribution in [0.15, 0.2) is 71.9 Å². The van der Waals surface area contributed by atoms with Crippen molar-refractivity contribution in [2.45, 2.75) is 26.0 Å². The summed E-state index contributed by atoms with van der Waals surface area (Å²) in [7, 11) is 0.